The van der Waals surface area contributed by atoms with Gasteiger partial charge in [-0.2, -0.15) is 18.3 Å². The number of aryl methyl sites for hydroxylation is 2. The monoisotopic (exact) mass is 475 g/mol. The largest absolute Gasteiger partial charge is 0.410 e. The van der Waals surface area contributed by atoms with Gasteiger partial charge in [0.25, 0.3) is 0 Å². The van der Waals surface area contributed by atoms with E-state index in [1.807, 2.05) is 31.2 Å². The minimum atomic E-state index is -4.50. The number of halogens is 4. The van der Waals surface area contributed by atoms with Gasteiger partial charge in [-0.05, 0) is 36.1 Å². The highest BCUT2D eigenvalue weighted by atomic mass is 19.4. The van der Waals surface area contributed by atoms with E-state index in [0.717, 1.165) is 22.2 Å². The zero-order valence-electron chi connectivity index (χ0n) is 18.8. The van der Waals surface area contributed by atoms with Crippen molar-refractivity contribution in [1.29, 1.82) is 0 Å². The Hall–Kier alpha value is -3.43. The maximum atomic E-state index is 14.0. The molecular weight excluding hydrogens is 450 g/mol. The van der Waals surface area contributed by atoms with Crippen molar-refractivity contribution in [3.63, 3.8) is 0 Å². The molecule has 34 heavy (non-hydrogen) atoms. The number of aromatic nitrogens is 3. The third-order valence-corrected chi connectivity index (χ3v) is 5.96. The van der Waals surface area contributed by atoms with Gasteiger partial charge in [-0.1, -0.05) is 31.2 Å². The first-order chi connectivity index (χ1) is 16.2. The summed E-state index contributed by atoms with van der Waals surface area (Å²) in [7, 11) is 0. The summed E-state index contributed by atoms with van der Waals surface area (Å²) in [5, 5.41) is 9.65. The number of anilines is 1. The summed E-state index contributed by atoms with van der Waals surface area (Å²) in [6.07, 6.45) is -1.33. The third kappa shape index (κ3) is 5.05. The molecule has 6 nitrogen and oxygen atoms in total. The van der Waals surface area contributed by atoms with Crippen LogP contribution in [0, 0.1) is 12.7 Å². The zero-order chi connectivity index (χ0) is 24.5. The molecule has 0 saturated heterocycles. The fourth-order valence-electron chi connectivity index (χ4n) is 4.06. The maximum Gasteiger partial charge on any atom is 0.410 e. The number of carbonyl (C=O) groups excluding carboxylic acids is 1. The summed E-state index contributed by atoms with van der Waals surface area (Å²) in [6.45, 7) is 3.58. The summed E-state index contributed by atoms with van der Waals surface area (Å²) in [5.74, 6) is -0.847. The molecule has 0 radical (unpaired) electrons. The smallest absolute Gasteiger partial charge is 0.363 e. The lowest BCUT2D eigenvalue weighted by Gasteiger charge is -2.34. The molecule has 0 fully saturated rings. The molecule has 1 aromatic carbocycles. The Morgan fingerprint density at radius 1 is 1.24 bits per heavy atom. The average molecular weight is 475 g/mol. The quantitative estimate of drug-likeness (QED) is 0.502. The normalized spacial score (nSPS) is 17.7. The molecule has 4 rings (SSSR count). The maximum absolute atomic E-state index is 14.0. The molecule has 3 aromatic rings. The van der Waals surface area contributed by atoms with Crippen molar-refractivity contribution < 1.29 is 22.4 Å². The van der Waals surface area contributed by atoms with Gasteiger partial charge in [0.15, 0.2) is 6.04 Å². The number of hydrogen-bond donors (Lipinski definition) is 2. The van der Waals surface area contributed by atoms with Gasteiger partial charge >= 0.3 is 6.18 Å². The van der Waals surface area contributed by atoms with Crippen LogP contribution < -0.4 is 10.6 Å². The summed E-state index contributed by atoms with van der Waals surface area (Å²) in [4.78, 5) is 16.5. The summed E-state index contributed by atoms with van der Waals surface area (Å²) < 4.78 is 56.5. The van der Waals surface area contributed by atoms with Gasteiger partial charge in [0, 0.05) is 18.2 Å². The van der Waals surface area contributed by atoms with Crippen molar-refractivity contribution >= 4 is 11.7 Å². The van der Waals surface area contributed by atoms with E-state index in [9.17, 15) is 22.4 Å². The number of pyridine rings is 1. The minimum Gasteiger partial charge on any atom is -0.363 e. The molecule has 2 aromatic heterocycles. The number of benzene rings is 1. The predicted molar refractivity (Wildman–Crippen MR) is 119 cm³/mol. The molecular formula is C24H25F4N5O. The van der Waals surface area contributed by atoms with Gasteiger partial charge in [0.1, 0.15) is 11.6 Å². The summed E-state index contributed by atoms with van der Waals surface area (Å²) >= 11 is 0. The molecule has 0 unspecified atom stereocenters. The van der Waals surface area contributed by atoms with Crippen LogP contribution in [0.15, 0.2) is 42.7 Å². The van der Waals surface area contributed by atoms with E-state index in [-0.39, 0.29) is 30.9 Å². The standard InChI is InChI=1S/C24H25F4N5O/c1-3-15-4-6-16(7-5-15)19-10-21(24(26,27)28)33-23(32-19)17(12-31-33)9-22(34)30-13-20-18(25)8-14(2)11-29-20/h4-8,11-12,19,21,32H,3,9-10,13H2,1-2H3,(H,30,34)/t19-,21+/m1/s1. The highest BCUT2D eigenvalue weighted by Gasteiger charge is 2.46. The molecule has 0 spiro atoms. The first-order valence-electron chi connectivity index (χ1n) is 11.0. The van der Waals surface area contributed by atoms with Gasteiger partial charge in [0.05, 0.1) is 30.9 Å². The number of alkyl halides is 3. The Kier molecular flexibility index (Phi) is 6.58. The van der Waals surface area contributed by atoms with Crippen LogP contribution in [0.4, 0.5) is 23.4 Å². The molecule has 10 heteroatoms. The molecule has 1 aliphatic heterocycles. The lowest BCUT2D eigenvalue weighted by atomic mass is 9.95. The SMILES string of the molecule is CCc1ccc([C@H]2C[C@@H](C(F)(F)F)n3ncc(CC(=O)NCc4ncc(C)cc4F)c3N2)cc1. The minimum absolute atomic E-state index is 0.0850. The van der Waals surface area contributed by atoms with Crippen molar-refractivity contribution in [2.75, 3.05) is 5.32 Å². The number of rotatable bonds is 6. The molecule has 180 valence electrons. The van der Waals surface area contributed by atoms with Gasteiger partial charge in [-0.3, -0.25) is 9.78 Å². The van der Waals surface area contributed by atoms with Crippen molar-refractivity contribution in [1.82, 2.24) is 20.1 Å². The lowest BCUT2D eigenvalue weighted by molar-refractivity contribution is -0.173. The van der Waals surface area contributed by atoms with E-state index in [4.69, 9.17) is 0 Å². The molecule has 1 amide bonds. The van der Waals surface area contributed by atoms with Gasteiger partial charge in [0.2, 0.25) is 5.91 Å². The second kappa shape index (κ2) is 9.44. The molecule has 1 aliphatic rings. The Morgan fingerprint density at radius 2 is 1.97 bits per heavy atom. The predicted octanol–water partition coefficient (Wildman–Crippen LogP) is 4.81. The second-order valence-electron chi connectivity index (χ2n) is 8.44. The highest BCUT2D eigenvalue weighted by molar-refractivity contribution is 5.80. The highest BCUT2D eigenvalue weighted by Crippen LogP contribution is 2.44. The number of nitrogens with zero attached hydrogens (tertiary/aromatic N) is 3. The first kappa shape index (κ1) is 23.7. The second-order valence-corrected chi connectivity index (χ2v) is 8.44. The molecule has 2 N–H and O–H groups in total. The Bertz CT molecular complexity index is 1170. The van der Waals surface area contributed by atoms with E-state index in [1.165, 1.54) is 18.5 Å². The fourth-order valence-corrected chi connectivity index (χ4v) is 4.06. The van der Waals surface area contributed by atoms with E-state index in [0.29, 0.717) is 11.1 Å². The third-order valence-electron chi connectivity index (χ3n) is 5.96. The molecule has 0 bridgehead atoms. The van der Waals surface area contributed by atoms with Crippen molar-refractivity contribution in [3.05, 3.63) is 76.5 Å². The van der Waals surface area contributed by atoms with Crippen LogP contribution in [-0.2, 0) is 24.2 Å². The van der Waals surface area contributed by atoms with Crippen LogP contribution in [0.1, 0.15) is 53.4 Å². The molecule has 0 saturated carbocycles. The van der Waals surface area contributed by atoms with E-state index < -0.39 is 30.0 Å². The molecule has 2 atom stereocenters. The van der Waals surface area contributed by atoms with Gasteiger partial charge in [-0.15, -0.1) is 0 Å². The van der Waals surface area contributed by atoms with E-state index >= 15 is 0 Å². The topological polar surface area (TPSA) is 71.8 Å². The fraction of sp³-hybridized carbons (Fsp3) is 0.375. The van der Waals surface area contributed by atoms with Crippen LogP contribution in [0.3, 0.4) is 0 Å². The Balaban J connectivity index is 1.53. The average Bonchev–Trinajstić information content (AvgIpc) is 3.19. The summed E-state index contributed by atoms with van der Waals surface area (Å²) in [6, 6.07) is 6.36. The first-order valence-corrected chi connectivity index (χ1v) is 11.0. The summed E-state index contributed by atoms with van der Waals surface area (Å²) in [5.41, 5.74) is 2.90. The van der Waals surface area contributed by atoms with Gasteiger partial charge < -0.3 is 10.6 Å². The van der Waals surface area contributed by atoms with Crippen molar-refractivity contribution in [2.45, 2.75) is 57.9 Å². The number of hydrogen-bond acceptors (Lipinski definition) is 4. The number of nitrogens with one attached hydrogen (secondary N) is 2. The van der Waals surface area contributed by atoms with Crippen molar-refractivity contribution in [2.24, 2.45) is 0 Å². The Labute approximate surface area is 194 Å². The van der Waals surface area contributed by atoms with Crippen molar-refractivity contribution in [3.8, 4) is 0 Å². The lowest BCUT2D eigenvalue weighted by Crippen LogP contribution is -2.36. The van der Waals surface area contributed by atoms with E-state index in [2.05, 4.69) is 20.7 Å². The van der Waals surface area contributed by atoms with E-state index in [1.54, 1.807) is 6.92 Å². The Morgan fingerprint density at radius 3 is 2.62 bits per heavy atom. The molecule has 0 aliphatic carbocycles. The zero-order valence-corrected chi connectivity index (χ0v) is 18.8. The van der Waals surface area contributed by atoms with Crippen LogP contribution in [0.2, 0.25) is 0 Å². The van der Waals surface area contributed by atoms with Crippen LogP contribution in [0.5, 0.6) is 0 Å². The number of amides is 1. The van der Waals surface area contributed by atoms with Crippen LogP contribution in [0.25, 0.3) is 0 Å². The number of carbonyl (C=O) groups is 1. The van der Waals surface area contributed by atoms with Gasteiger partial charge in [-0.25, -0.2) is 9.07 Å². The van der Waals surface area contributed by atoms with Crippen LogP contribution in [-0.4, -0.2) is 26.8 Å². The molecule has 3 heterocycles. The van der Waals surface area contributed by atoms with Crippen LogP contribution >= 0.6 is 0 Å². The number of fused-ring (bicyclic) bond motifs is 1.